The summed E-state index contributed by atoms with van der Waals surface area (Å²) in [7, 11) is 3.61. The molecule has 1 aromatic rings. The fourth-order valence-corrected chi connectivity index (χ4v) is 3.26. The molecule has 0 N–H and O–H groups in total. The van der Waals surface area contributed by atoms with Gasteiger partial charge in [-0.2, -0.15) is 0 Å². The molecule has 1 aromatic carbocycles. The van der Waals surface area contributed by atoms with Gasteiger partial charge < -0.3 is 9.64 Å². The largest absolute Gasteiger partial charge is 0.493 e. The van der Waals surface area contributed by atoms with Crippen molar-refractivity contribution in [3.05, 3.63) is 77.2 Å². The minimum Gasteiger partial charge on any atom is -0.493 e. The van der Waals surface area contributed by atoms with Crippen LogP contribution in [0.1, 0.15) is 19.4 Å². The van der Waals surface area contributed by atoms with Gasteiger partial charge in [0, 0.05) is 23.8 Å². The zero-order chi connectivity index (χ0) is 16.6. The number of carbonyl (C=O) groups is 1. The highest BCUT2D eigenvalue weighted by Crippen LogP contribution is 2.46. The van der Waals surface area contributed by atoms with E-state index in [1.54, 1.807) is 12.2 Å². The van der Waals surface area contributed by atoms with Crippen LogP contribution in [0.3, 0.4) is 0 Å². The second-order valence-electron chi connectivity index (χ2n) is 6.33. The Labute approximate surface area is 160 Å². The van der Waals surface area contributed by atoms with Crippen LogP contribution >= 0.6 is 24.0 Å². The average molecular weight is 435 g/mol. The Balaban J connectivity index is 0.00000208. The Morgan fingerprint density at radius 3 is 2.50 bits per heavy atom. The van der Waals surface area contributed by atoms with Crippen LogP contribution in [-0.4, -0.2) is 19.9 Å². The van der Waals surface area contributed by atoms with E-state index in [1.165, 1.54) is 24.1 Å². The molecule has 1 heterocycles. The number of ether oxygens (including phenoxy) is 1. The number of ketones is 1. The zero-order valence-corrected chi connectivity index (χ0v) is 16.7. The van der Waals surface area contributed by atoms with Gasteiger partial charge in [0.15, 0.2) is 5.76 Å². The zero-order valence-electron chi connectivity index (χ0n) is 14.4. The monoisotopic (exact) mass is 435 g/mol. The van der Waals surface area contributed by atoms with Gasteiger partial charge >= 0.3 is 0 Å². The third-order valence-corrected chi connectivity index (χ3v) is 4.56. The van der Waals surface area contributed by atoms with E-state index in [1.807, 2.05) is 12.2 Å². The summed E-state index contributed by atoms with van der Waals surface area (Å²) in [5.41, 5.74) is 4.70. The Morgan fingerprint density at radius 2 is 1.83 bits per heavy atom. The van der Waals surface area contributed by atoms with Crippen molar-refractivity contribution in [2.24, 2.45) is 0 Å². The number of rotatable bonds is 2. The molecule has 0 unspecified atom stereocenters. The van der Waals surface area contributed by atoms with Crippen LogP contribution in [0.2, 0.25) is 0 Å². The van der Waals surface area contributed by atoms with E-state index in [2.05, 4.69) is 56.1 Å². The third kappa shape index (κ3) is 3.07. The number of hydrogen-bond donors (Lipinski definition) is 0. The quantitative estimate of drug-likeness (QED) is 0.641. The molecular weight excluding hydrogens is 413 g/mol. The number of carbonyl (C=O) groups excluding carboxylic acids is 1. The van der Waals surface area contributed by atoms with Crippen LogP contribution in [-0.2, 0) is 14.9 Å². The van der Waals surface area contributed by atoms with E-state index in [4.69, 9.17) is 4.74 Å². The molecule has 0 aromatic heterocycles. The first-order valence-electron chi connectivity index (χ1n) is 7.69. The lowest BCUT2D eigenvalue weighted by atomic mass is 9.83. The van der Waals surface area contributed by atoms with Crippen LogP contribution in [0.25, 0.3) is 0 Å². The normalized spacial score (nSPS) is 21.6. The molecule has 0 saturated carbocycles. The smallest absolute Gasteiger partial charge is 0.220 e. The van der Waals surface area contributed by atoms with E-state index in [0.29, 0.717) is 5.76 Å². The molecule has 0 amide bonds. The Kier molecular flexibility index (Phi) is 5.38. The van der Waals surface area contributed by atoms with Gasteiger partial charge in [-0.05, 0) is 35.4 Å². The number of methoxy groups -OCH3 is 1. The van der Waals surface area contributed by atoms with Crippen LogP contribution < -0.4 is 4.90 Å². The molecule has 3 rings (SSSR count). The van der Waals surface area contributed by atoms with Gasteiger partial charge in [0.2, 0.25) is 5.78 Å². The summed E-state index contributed by atoms with van der Waals surface area (Å²) in [6.45, 7) is 4.46. The van der Waals surface area contributed by atoms with E-state index >= 15 is 0 Å². The van der Waals surface area contributed by atoms with Crippen LogP contribution in [0.4, 0.5) is 5.69 Å². The Bertz CT molecular complexity index is 785. The lowest BCUT2D eigenvalue weighted by Crippen LogP contribution is -2.22. The van der Waals surface area contributed by atoms with Crippen molar-refractivity contribution in [3.8, 4) is 0 Å². The van der Waals surface area contributed by atoms with Gasteiger partial charge in [0.05, 0.1) is 7.11 Å². The lowest BCUT2D eigenvalue weighted by Gasteiger charge is -2.23. The molecular formula is C20H22INO2. The topological polar surface area (TPSA) is 29.5 Å². The summed E-state index contributed by atoms with van der Waals surface area (Å²) in [4.78, 5) is 13.8. The number of anilines is 1. The summed E-state index contributed by atoms with van der Waals surface area (Å²) in [5.74, 6) is 0.280. The first-order chi connectivity index (χ1) is 10.9. The first kappa shape index (κ1) is 18.5. The van der Waals surface area contributed by atoms with Crippen molar-refractivity contribution in [2.75, 3.05) is 19.1 Å². The number of likely N-dealkylation sites (N-methyl/N-ethyl adjacent to an activating group) is 1. The Morgan fingerprint density at radius 1 is 1.12 bits per heavy atom. The predicted octanol–water partition coefficient (Wildman–Crippen LogP) is 4.51. The van der Waals surface area contributed by atoms with Gasteiger partial charge in [-0.25, -0.2) is 0 Å². The number of para-hydroxylation sites is 1. The summed E-state index contributed by atoms with van der Waals surface area (Å²) < 4.78 is 5.11. The fourth-order valence-electron chi connectivity index (χ4n) is 3.26. The van der Waals surface area contributed by atoms with Crippen molar-refractivity contribution in [2.45, 2.75) is 19.3 Å². The molecule has 1 aliphatic carbocycles. The van der Waals surface area contributed by atoms with Gasteiger partial charge in [-0.15, -0.1) is 24.0 Å². The van der Waals surface area contributed by atoms with E-state index < -0.39 is 0 Å². The summed E-state index contributed by atoms with van der Waals surface area (Å²) >= 11 is 0. The second-order valence-corrected chi connectivity index (χ2v) is 6.33. The van der Waals surface area contributed by atoms with Gasteiger partial charge in [0.1, 0.15) is 0 Å². The van der Waals surface area contributed by atoms with Crippen molar-refractivity contribution in [1.82, 2.24) is 0 Å². The van der Waals surface area contributed by atoms with Crippen LogP contribution in [0, 0.1) is 0 Å². The maximum atomic E-state index is 11.6. The highest BCUT2D eigenvalue weighted by atomic mass is 127. The molecule has 0 spiro atoms. The van der Waals surface area contributed by atoms with Crippen LogP contribution in [0.15, 0.2) is 71.7 Å². The molecule has 0 fully saturated rings. The third-order valence-electron chi connectivity index (χ3n) is 4.56. The van der Waals surface area contributed by atoms with Gasteiger partial charge in [-0.3, -0.25) is 4.79 Å². The molecule has 3 nitrogen and oxygen atoms in total. The SMILES string of the molecule is COC1=C/C(=C\C=C2/N(C)c3ccccc3C2(C)C)C=CC1=O.I. The summed E-state index contributed by atoms with van der Waals surface area (Å²) in [5, 5.41) is 0. The number of halogens is 1. The molecule has 2 aliphatic rings. The molecule has 0 bridgehead atoms. The molecule has 126 valence electrons. The first-order valence-corrected chi connectivity index (χ1v) is 7.69. The van der Waals surface area contributed by atoms with E-state index in [0.717, 1.165) is 5.57 Å². The number of fused-ring (bicyclic) bond motifs is 1. The standard InChI is InChI=1S/C20H21NO2.HI/c1-20(2)15-7-5-6-8-16(15)21(3)19(20)12-10-14-9-11-17(22)18(13-14)23-4;/h5-13H,1-4H3;1H/b14-10-,19-12-;. The van der Waals surface area contributed by atoms with Crippen LogP contribution in [0.5, 0.6) is 0 Å². The van der Waals surface area contributed by atoms with Crippen molar-refractivity contribution in [3.63, 3.8) is 0 Å². The van der Waals surface area contributed by atoms with Crippen molar-refractivity contribution < 1.29 is 9.53 Å². The number of benzene rings is 1. The van der Waals surface area contributed by atoms with Crippen molar-refractivity contribution in [1.29, 1.82) is 0 Å². The average Bonchev–Trinajstić information content (AvgIpc) is 2.74. The molecule has 0 saturated heterocycles. The Hall–Kier alpha value is -1.82. The van der Waals surface area contributed by atoms with Gasteiger partial charge in [-0.1, -0.05) is 44.2 Å². The minimum atomic E-state index is -0.0944. The lowest BCUT2D eigenvalue weighted by molar-refractivity contribution is -0.114. The highest BCUT2D eigenvalue weighted by molar-refractivity contribution is 14.0. The van der Waals surface area contributed by atoms with Gasteiger partial charge in [0.25, 0.3) is 0 Å². The molecule has 0 radical (unpaired) electrons. The maximum absolute atomic E-state index is 11.6. The molecule has 4 heteroatoms. The predicted molar refractivity (Wildman–Crippen MR) is 109 cm³/mol. The highest BCUT2D eigenvalue weighted by Gasteiger charge is 2.37. The second kappa shape index (κ2) is 6.97. The summed E-state index contributed by atoms with van der Waals surface area (Å²) in [6, 6.07) is 8.48. The number of nitrogens with zero attached hydrogens (tertiary/aromatic N) is 1. The van der Waals surface area contributed by atoms with Crippen molar-refractivity contribution >= 4 is 35.4 Å². The maximum Gasteiger partial charge on any atom is 0.220 e. The number of allylic oxidation sites excluding steroid dienone is 7. The summed E-state index contributed by atoms with van der Waals surface area (Å²) in [6.07, 6.45) is 9.29. The molecule has 0 atom stereocenters. The number of hydrogen-bond acceptors (Lipinski definition) is 3. The molecule has 24 heavy (non-hydrogen) atoms. The van der Waals surface area contributed by atoms with E-state index in [9.17, 15) is 4.79 Å². The molecule has 1 aliphatic heterocycles. The minimum absolute atomic E-state index is 0. The van der Waals surface area contributed by atoms with E-state index in [-0.39, 0.29) is 35.2 Å². The fraction of sp³-hybridized carbons (Fsp3) is 0.250.